The van der Waals surface area contributed by atoms with Gasteiger partial charge >= 0.3 is 0 Å². The number of hydrogen-bond acceptors (Lipinski definition) is 6. The molecule has 8 heteroatoms. The van der Waals surface area contributed by atoms with Crippen LogP contribution in [0.1, 0.15) is 11.5 Å². The summed E-state index contributed by atoms with van der Waals surface area (Å²) >= 11 is 0. The van der Waals surface area contributed by atoms with E-state index in [0.29, 0.717) is 5.82 Å². The average molecular weight is 323 g/mol. The number of aryl methyl sites for hydroxylation is 1. The molecule has 1 aromatic carbocycles. The molecule has 0 aliphatic heterocycles. The first-order valence-corrected chi connectivity index (χ1v) is 8.74. The number of nitrogens with zero attached hydrogens (tertiary/aromatic N) is 2. The zero-order valence-electron chi connectivity index (χ0n) is 12.4. The second kappa shape index (κ2) is 6.69. The second-order valence-corrected chi connectivity index (χ2v) is 7.24. The Hall–Kier alpha value is -2.22. The summed E-state index contributed by atoms with van der Waals surface area (Å²) in [5, 5.41) is 6.36. The second-order valence-electron chi connectivity index (χ2n) is 4.98. The smallest absolute Gasteiger partial charge is 0.236 e. The van der Waals surface area contributed by atoms with Gasteiger partial charge in [0, 0.05) is 18.4 Å². The quantitative estimate of drug-likeness (QED) is 0.841. The molecule has 0 fully saturated rings. The fraction of sp³-hybridized carbons (Fsp3) is 0.357. The van der Waals surface area contributed by atoms with Crippen LogP contribution >= 0.6 is 0 Å². The Bertz CT molecular complexity index is 768. The Kier molecular flexibility index (Phi) is 4.92. The van der Waals surface area contributed by atoms with E-state index >= 15 is 0 Å². The molecule has 0 radical (unpaired) electrons. The summed E-state index contributed by atoms with van der Waals surface area (Å²) in [5.41, 5.74) is 1.85. The van der Waals surface area contributed by atoms with Crippen molar-refractivity contribution in [2.24, 2.45) is 0 Å². The largest absolute Gasteiger partial charge is 0.355 e. The first-order chi connectivity index (χ1) is 10.3. The van der Waals surface area contributed by atoms with E-state index < -0.39 is 9.84 Å². The lowest BCUT2D eigenvalue weighted by atomic mass is 10.1. The van der Waals surface area contributed by atoms with Gasteiger partial charge in [-0.2, -0.15) is 4.98 Å². The van der Waals surface area contributed by atoms with E-state index in [-0.39, 0.29) is 30.5 Å². The molecule has 2 aromatic rings. The van der Waals surface area contributed by atoms with Gasteiger partial charge in [0.05, 0.1) is 5.75 Å². The maximum atomic E-state index is 11.7. The first-order valence-electron chi connectivity index (χ1n) is 6.68. The highest BCUT2D eigenvalue weighted by molar-refractivity contribution is 7.90. The molecule has 1 N–H and O–H groups in total. The number of amides is 1. The van der Waals surface area contributed by atoms with Crippen molar-refractivity contribution >= 4 is 15.7 Å². The molecular weight excluding hydrogens is 306 g/mol. The van der Waals surface area contributed by atoms with Gasteiger partial charge in [-0.1, -0.05) is 29.4 Å². The number of rotatable bonds is 6. The SMILES string of the molecule is Cc1ccccc1-c1noc(CC(=O)NCCS(C)(=O)=O)n1. The van der Waals surface area contributed by atoms with Crippen LogP contribution in [0.25, 0.3) is 11.4 Å². The van der Waals surface area contributed by atoms with Gasteiger partial charge in [0.15, 0.2) is 0 Å². The minimum absolute atomic E-state index is 0.0659. The Morgan fingerprint density at radius 3 is 2.73 bits per heavy atom. The Morgan fingerprint density at radius 1 is 1.32 bits per heavy atom. The summed E-state index contributed by atoms with van der Waals surface area (Å²) < 4.78 is 27.0. The standard InChI is InChI=1S/C14H17N3O4S/c1-10-5-3-4-6-11(10)14-16-13(21-17-14)9-12(18)15-7-8-22(2,19)20/h3-6H,7-9H2,1-2H3,(H,15,18). The van der Waals surface area contributed by atoms with Gasteiger partial charge in [0.25, 0.3) is 0 Å². The van der Waals surface area contributed by atoms with E-state index in [1.165, 1.54) is 0 Å². The normalized spacial score (nSPS) is 11.4. The summed E-state index contributed by atoms with van der Waals surface area (Å²) in [5.74, 6) is 0.160. The number of carbonyl (C=O) groups is 1. The maximum absolute atomic E-state index is 11.7. The van der Waals surface area contributed by atoms with Crippen LogP contribution in [0.2, 0.25) is 0 Å². The van der Waals surface area contributed by atoms with E-state index in [9.17, 15) is 13.2 Å². The van der Waals surface area contributed by atoms with Crippen molar-refractivity contribution in [1.29, 1.82) is 0 Å². The van der Waals surface area contributed by atoms with Gasteiger partial charge < -0.3 is 9.84 Å². The van der Waals surface area contributed by atoms with Crippen molar-refractivity contribution in [3.8, 4) is 11.4 Å². The van der Waals surface area contributed by atoms with Gasteiger partial charge in [-0.15, -0.1) is 0 Å². The third kappa shape index (κ3) is 4.66. The summed E-state index contributed by atoms with van der Waals surface area (Å²) in [6, 6.07) is 7.59. The van der Waals surface area contributed by atoms with Crippen molar-refractivity contribution in [3.63, 3.8) is 0 Å². The minimum atomic E-state index is -3.10. The van der Waals surface area contributed by atoms with E-state index in [1.807, 2.05) is 31.2 Å². The Balaban J connectivity index is 1.95. The molecule has 0 bridgehead atoms. The molecular formula is C14H17N3O4S. The number of hydrogen-bond donors (Lipinski definition) is 1. The summed E-state index contributed by atoms with van der Waals surface area (Å²) in [4.78, 5) is 15.9. The van der Waals surface area contributed by atoms with Crippen molar-refractivity contribution in [2.45, 2.75) is 13.3 Å². The van der Waals surface area contributed by atoms with Gasteiger partial charge in [-0.05, 0) is 12.5 Å². The first kappa shape index (κ1) is 16.2. The van der Waals surface area contributed by atoms with Crippen molar-refractivity contribution in [1.82, 2.24) is 15.5 Å². The molecule has 1 aromatic heterocycles. The molecule has 0 atom stereocenters. The zero-order chi connectivity index (χ0) is 16.2. The van der Waals surface area contributed by atoms with E-state index in [1.54, 1.807) is 0 Å². The molecule has 0 aliphatic carbocycles. The van der Waals surface area contributed by atoms with Crippen LogP contribution in [-0.4, -0.2) is 43.0 Å². The monoisotopic (exact) mass is 323 g/mol. The van der Waals surface area contributed by atoms with Crippen molar-refractivity contribution in [2.75, 3.05) is 18.6 Å². The highest BCUT2D eigenvalue weighted by Crippen LogP contribution is 2.19. The van der Waals surface area contributed by atoms with Gasteiger partial charge in [0.1, 0.15) is 16.3 Å². The van der Waals surface area contributed by atoms with Crippen LogP contribution in [0.3, 0.4) is 0 Å². The topological polar surface area (TPSA) is 102 Å². The molecule has 22 heavy (non-hydrogen) atoms. The molecule has 2 rings (SSSR count). The number of aromatic nitrogens is 2. The summed E-state index contributed by atoms with van der Waals surface area (Å²) in [6.07, 6.45) is 1.04. The van der Waals surface area contributed by atoms with Crippen molar-refractivity contribution < 1.29 is 17.7 Å². The van der Waals surface area contributed by atoms with Crippen LogP contribution < -0.4 is 5.32 Å². The maximum Gasteiger partial charge on any atom is 0.236 e. The van der Waals surface area contributed by atoms with Crippen LogP contribution in [0.15, 0.2) is 28.8 Å². The number of sulfone groups is 1. The van der Waals surface area contributed by atoms with E-state index in [0.717, 1.165) is 17.4 Å². The van der Waals surface area contributed by atoms with Crippen LogP contribution in [-0.2, 0) is 21.1 Å². The molecule has 0 unspecified atom stereocenters. The lowest BCUT2D eigenvalue weighted by Gasteiger charge is -2.01. The predicted octanol–water partition coefficient (Wildman–Crippen LogP) is 0.748. The molecule has 7 nitrogen and oxygen atoms in total. The molecule has 1 heterocycles. The van der Waals surface area contributed by atoms with Gasteiger partial charge in [0.2, 0.25) is 17.6 Å². The molecule has 118 valence electrons. The number of benzene rings is 1. The Morgan fingerprint density at radius 2 is 2.05 bits per heavy atom. The molecule has 1 amide bonds. The van der Waals surface area contributed by atoms with Gasteiger partial charge in [-0.3, -0.25) is 4.79 Å². The third-order valence-corrected chi connectivity index (χ3v) is 3.91. The minimum Gasteiger partial charge on any atom is -0.355 e. The highest BCUT2D eigenvalue weighted by Gasteiger charge is 2.14. The number of carbonyl (C=O) groups excluding carboxylic acids is 1. The molecule has 0 aliphatic rings. The highest BCUT2D eigenvalue weighted by atomic mass is 32.2. The fourth-order valence-corrected chi connectivity index (χ4v) is 2.31. The van der Waals surface area contributed by atoms with Crippen LogP contribution in [0.4, 0.5) is 0 Å². The van der Waals surface area contributed by atoms with Crippen molar-refractivity contribution in [3.05, 3.63) is 35.7 Å². The predicted molar refractivity (Wildman–Crippen MR) is 80.9 cm³/mol. The molecule has 0 saturated carbocycles. The summed E-state index contributed by atoms with van der Waals surface area (Å²) in [7, 11) is -3.10. The lowest BCUT2D eigenvalue weighted by Crippen LogP contribution is -2.30. The third-order valence-electron chi connectivity index (χ3n) is 2.96. The fourth-order valence-electron chi connectivity index (χ4n) is 1.84. The van der Waals surface area contributed by atoms with Crippen LogP contribution in [0, 0.1) is 6.92 Å². The average Bonchev–Trinajstić information content (AvgIpc) is 2.86. The van der Waals surface area contributed by atoms with Gasteiger partial charge in [-0.25, -0.2) is 8.42 Å². The molecule has 0 saturated heterocycles. The lowest BCUT2D eigenvalue weighted by molar-refractivity contribution is -0.120. The van der Waals surface area contributed by atoms with E-state index in [2.05, 4.69) is 15.5 Å². The molecule has 0 spiro atoms. The van der Waals surface area contributed by atoms with E-state index in [4.69, 9.17) is 4.52 Å². The summed E-state index contributed by atoms with van der Waals surface area (Å²) in [6.45, 7) is 2.00. The Labute approximate surface area is 128 Å². The number of nitrogens with one attached hydrogen (secondary N) is 1. The van der Waals surface area contributed by atoms with Crippen LogP contribution in [0.5, 0.6) is 0 Å². The zero-order valence-corrected chi connectivity index (χ0v) is 13.2.